The molecular weight excluding hydrogens is 942 g/mol. The fourth-order valence-electron chi connectivity index (χ4n) is 6.29. The van der Waals surface area contributed by atoms with Crippen molar-refractivity contribution in [3.05, 3.63) is 87.1 Å². The van der Waals surface area contributed by atoms with E-state index in [2.05, 4.69) is 182 Å². The van der Waals surface area contributed by atoms with Crippen molar-refractivity contribution in [2.45, 2.75) is 183 Å². The number of tetrazole rings is 1. The number of aliphatic imine (C=N–C) groups is 1. The summed E-state index contributed by atoms with van der Waals surface area (Å²) in [5, 5.41) is 20.3. The summed E-state index contributed by atoms with van der Waals surface area (Å²) in [5.41, 5.74) is 6.39. The molecule has 5 aromatic heterocycles. The van der Waals surface area contributed by atoms with E-state index in [1.807, 2.05) is 58.0 Å². The molecule has 1 aliphatic rings. The van der Waals surface area contributed by atoms with Crippen molar-refractivity contribution in [2.75, 3.05) is 12.8 Å². The molecule has 0 radical (unpaired) electrons. The van der Waals surface area contributed by atoms with Crippen LogP contribution in [0.2, 0.25) is 4.34 Å². The van der Waals surface area contributed by atoms with E-state index < -0.39 is 15.8 Å². The number of imidazole rings is 3. The standard InChI is InChI=1S/C11H20N2.C9H13ClO2S2.C9H16N2.C9H13NO2.C8H14N2.C6H12N4/c1-8(2)10-12-7-9(13(10)6)11(3,4)5;1-9(2,3)6-5-7(13-8(6)10)14(4,11)12;1-7-10-6-8(11(7)5)9(2,3)4;1-9(2,3)6-4-7(8(11)12)10-5-6;1-8(2,3)7-5-10(4)6-9-7;1-6(2,3)5-7-9-10(4)8-5/h7-8H,1-6H3;5H,1-4H3;6H,1-5H3;4H,5H2,1-3H3,(H,11,12);5-6H,1-4H3;1-4H3. The quantitative estimate of drug-likeness (QED) is 0.183. The van der Waals surface area contributed by atoms with Crippen molar-refractivity contribution in [1.29, 1.82) is 0 Å². The SMILES string of the molecule is CC(C)(C)C1=CC(C(=O)O)=NC1.CC(C)(C)c1cc(S(C)(=O)=O)sc1Cl.CC(C)c1ncc(C(C)(C)C)n1C.Cc1ncc(C(C)(C)C)n1C.Cn1cnc(C(C)(C)C)c1.Cn1nnc(C(C)(C)C)n1. The van der Waals surface area contributed by atoms with E-state index >= 15 is 0 Å². The number of sulfone groups is 1. The Morgan fingerprint density at radius 3 is 1.47 bits per heavy atom. The second kappa shape index (κ2) is 24.3. The van der Waals surface area contributed by atoms with Crippen LogP contribution in [-0.2, 0) is 69.9 Å². The van der Waals surface area contributed by atoms with Gasteiger partial charge in [-0.3, -0.25) is 4.99 Å². The monoisotopic (exact) mass is 1030 g/mol. The Hall–Kier alpha value is -4.48. The second-order valence-electron chi connectivity index (χ2n) is 24.2. The highest BCUT2D eigenvalue weighted by Gasteiger charge is 2.25. The Bertz CT molecular complexity index is 2580. The van der Waals surface area contributed by atoms with Crippen LogP contribution in [0.3, 0.4) is 0 Å². The van der Waals surface area contributed by atoms with Crippen LogP contribution in [-0.4, -0.2) is 86.9 Å². The predicted molar refractivity (Wildman–Crippen MR) is 291 cm³/mol. The van der Waals surface area contributed by atoms with Gasteiger partial charge in [0.25, 0.3) is 0 Å². The van der Waals surface area contributed by atoms with Crippen LogP contribution in [0, 0.1) is 12.3 Å². The highest BCUT2D eigenvalue weighted by atomic mass is 35.5. The van der Waals surface area contributed by atoms with Crippen LogP contribution in [0.1, 0.15) is 185 Å². The van der Waals surface area contributed by atoms with Crippen molar-refractivity contribution in [1.82, 2.24) is 48.9 Å². The molecule has 18 heteroatoms. The Balaban J connectivity index is 0.000000422. The van der Waals surface area contributed by atoms with Gasteiger partial charge in [-0.15, -0.1) is 21.5 Å². The first kappa shape index (κ1) is 63.5. The number of rotatable bonds is 3. The van der Waals surface area contributed by atoms with Crippen LogP contribution in [0.25, 0.3) is 0 Å². The minimum Gasteiger partial charge on any atom is -0.477 e. The smallest absolute Gasteiger partial charge is 0.354 e. The van der Waals surface area contributed by atoms with E-state index in [0.717, 1.165) is 39.8 Å². The Morgan fingerprint density at radius 2 is 1.26 bits per heavy atom. The fraction of sp³-hybridized carbons (Fsp3) is 0.654. The maximum atomic E-state index is 11.3. The van der Waals surface area contributed by atoms with Gasteiger partial charge in [-0.2, -0.15) is 4.80 Å². The van der Waals surface area contributed by atoms with E-state index in [0.29, 0.717) is 21.0 Å². The Morgan fingerprint density at radius 1 is 0.743 bits per heavy atom. The zero-order valence-corrected chi connectivity index (χ0v) is 49.9. The number of hydrogen-bond donors (Lipinski definition) is 1. The van der Waals surface area contributed by atoms with Gasteiger partial charge < -0.3 is 18.8 Å². The zero-order chi connectivity index (χ0) is 54.9. The van der Waals surface area contributed by atoms with E-state index in [1.54, 1.807) is 19.2 Å². The van der Waals surface area contributed by atoms with Crippen molar-refractivity contribution in [3.63, 3.8) is 0 Å². The maximum absolute atomic E-state index is 11.3. The minimum atomic E-state index is -3.13. The summed E-state index contributed by atoms with van der Waals surface area (Å²) in [6.45, 7) is 45.0. The number of halogens is 1. The van der Waals surface area contributed by atoms with Gasteiger partial charge in [-0.05, 0) is 46.2 Å². The van der Waals surface area contributed by atoms with Crippen molar-refractivity contribution in [3.8, 4) is 0 Å². The fourth-order valence-corrected chi connectivity index (χ4v) is 9.03. The summed E-state index contributed by atoms with van der Waals surface area (Å²) < 4.78 is 29.8. The summed E-state index contributed by atoms with van der Waals surface area (Å²) in [5.74, 6) is 2.60. The lowest BCUT2D eigenvalue weighted by Gasteiger charge is -2.19. The number of carbonyl (C=O) groups is 1. The first-order valence-corrected chi connectivity index (χ1v) is 26.6. The summed E-state index contributed by atoms with van der Waals surface area (Å²) in [6.07, 6.45) is 10.7. The summed E-state index contributed by atoms with van der Waals surface area (Å²) in [4.78, 5) is 28.8. The molecule has 0 saturated heterocycles. The molecule has 0 fully saturated rings. The predicted octanol–water partition coefficient (Wildman–Crippen LogP) is 11.7. The van der Waals surface area contributed by atoms with Crippen LogP contribution in [0.15, 0.2) is 51.8 Å². The van der Waals surface area contributed by atoms with Gasteiger partial charge in [0.05, 0.1) is 30.0 Å². The van der Waals surface area contributed by atoms with Crippen LogP contribution < -0.4 is 0 Å². The molecule has 6 heterocycles. The lowest BCUT2D eigenvalue weighted by atomic mass is 9.87. The largest absolute Gasteiger partial charge is 0.477 e. The maximum Gasteiger partial charge on any atom is 0.354 e. The number of carboxylic acids is 1. The van der Waals surface area contributed by atoms with Gasteiger partial charge in [0.15, 0.2) is 15.7 Å². The van der Waals surface area contributed by atoms with E-state index in [-0.39, 0.29) is 38.2 Å². The molecule has 0 saturated carbocycles. The van der Waals surface area contributed by atoms with Crippen LogP contribution >= 0.6 is 22.9 Å². The molecule has 0 amide bonds. The van der Waals surface area contributed by atoms with Crippen LogP contribution in [0.5, 0.6) is 0 Å². The van der Waals surface area contributed by atoms with E-state index in [4.69, 9.17) is 16.7 Å². The number of aliphatic carboxylic acids is 1. The van der Waals surface area contributed by atoms with Crippen molar-refractivity contribution >= 4 is 44.5 Å². The molecule has 0 unspecified atom stereocenters. The van der Waals surface area contributed by atoms with Gasteiger partial charge in [0, 0.05) is 85.0 Å². The molecule has 0 spiro atoms. The lowest BCUT2D eigenvalue weighted by Crippen LogP contribution is -2.17. The molecule has 15 nitrogen and oxygen atoms in total. The van der Waals surface area contributed by atoms with Crippen molar-refractivity contribution in [2.24, 2.45) is 38.6 Å². The Labute approximate surface area is 430 Å². The van der Waals surface area contributed by atoms with E-state index in [9.17, 15) is 13.2 Å². The second-order valence-corrected chi connectivity index (χ2v) is 28.1. The third-order valence-corrected chi connectivity index (χ3v) is 13.9. The van der Waals surface area contributed by atoms with Gasteiger partial charge in [0.2, 0.25) is 0 Å². The normalized spacial score (nSPS) is 13.3. The number of carboxylic acid groups (broad SMARTS) is 1. The van der Waals surface area contributed by atoms with Crippen LogP contribution in [0.4, 0.5) is 0 Å². The molecule has 6 rings (SSSR count). The number of nitrogens with zero attached hydrogens (tertiary/aromatic N) is 11. The van der Waals surface area contributed by atoms with Gasteiger partial charge in [-0.1, -0.05) is 150 Å². The van der Waals surface area contributed by atoms with Gasteiger partial charge in [-0.25, -0.2) is 28.2 Å². The molecule has 394 valence electrons. The molecule has 1 N–H and O–H groups in total. The number of aromatic nitrogens is 10. The van der Waals surface area contributed by atoms with E-state index in [1.165, 1.54) is 28.3 Å². The molecule has 0 bridgehead atoms. The third kappa shape index (κ3) is 20.3. The highest BCUT2D eigenvalue weighted by Crippen LogP contribution is 2.38. The molecule has 0 aliphatic carbocycles. The highest BCUT2D eigenvalue weighted by molar-refractivity contribution is 7.92. The Kier molecular flexibility index (Phi) is 22.0. The summed E-state index contributed by atoms with van der Waals surface area (Å²) in [6, 6.07) is 1.67. The molecular formula is C52H88ClN11O4S2. The summed E-state index contributed by atoms with van der Waals surface area (Å²) in [7, 11) is 4.78. The molecule has 0 aromatic carbocycles. The molecule has 1 aliphatic heterocycles. The number of thiophene rings is 1. The molecule has 70 heavy (non-hydrogen) atoms. The average molecular weight is 1030 g/mol. The summed E-state index contributed by atoms with van der Waals surface area (Å²) >= 11 is 7.12. The molecule has 0 atom stereocenters. The van der Waals surface area contributed by atoms with Crippen molar-refractivity contribution < 1.29 is 18.3 Å². The van der Waals surface area contributed by atoms with Gasteiger partial charge >= 0.3 is 5.97 Å². The number of aryl methyl sites for hydroxylation is 3. The first-order chi connectivity index (χ1) is 31.3. The average Bonchev–Trinajstić information content (AvgIpc) is 4.01. The third-order valence-electron chi connectivity index (χ3n) is 10.7. The zero-order valence-electron chi connectivity index (χ0n) is 47.5. The first-order valence-electron chi connectivity index (χ1n) is 23.5. The number of hydrogen-bond acceptors (Lipinski definition) is 11. The minimum absolute atomic E-state index is 0.00819. The molecule has 5 aromatic rings. The topological polar surface area (TPSA) is 181 Å². The lowest BCUT2D eigenvalue weighted by molar-refractivity contribution is -0.129. The van der Waals surface area contributed by atoms with Gasteiger partial charge in [0.1, 0.15) is 21.6 Å².